The molecular formula is C52H36N2. The first-order valence-corrected chi connectivity index (χ1v) is 18.5. The van der Waals surface area contributed by atoms with Crippen molar-refractivity contribution >= 4 is 49.6 Å². The Hall–Kier alpha value is -7.16. The molecule has 0 N–H and O–H groups in total. The van der Waals surface area contributed by atoms with Crippen molar-refractivity contribution in [1.29, 1.82) is 0 Å². The minimum Gasteiger partial charge on any atom is -0.310 e. The molecule has 1 heterocycles. The normalized spacial score (nSPS) is 11.3. The molecule has 0 saturated heterocycles. The van der Waals surface area contributed by atoms with E-state index in [0.717, 1.165) is 28.3 Å². The van der Waals surface area contributed by atoms with Crippen molar-refractivity contribution in [3.63, 3.8) is 0 Å². The maximum Gasteiger partial charge on any atom is 0.0562 e. The Bertz CT molecular complexity index is 2840. The van der Waals surface area contributed by atoms with Gasteiger partial charge >= 0.3 is 0 Å². The molecule has 54 heavy (non-hydrogen) atoms. The largest absolute Gasteiger partial charge is 0.310 e. The Morgan fingerprint density at radius 2 is 0.870 bits per heavy atom. The summed E-state index contributed by atoms with van der Waals surface area (Å²) in [6.07, 6.45) is 0. The number of benzene rings is 9. The van der Waals surface area contributed by atoms with Gasteiger partial charge in [0.1, 0.15) is 0 Å². The molecule has 10 aromatic rings. The van der Waals surface area contributed by atoms with Crippen LogP contribution in [0.4, 0.5) is 17.1 Å². The fraction of sp³-hybridized carbons (Fsp3) is 0. The van der Waals surface area contributed by atoms with E-state index in [1.807, 2.05) is 0 Å². The molecule has 9 aromatic carbocycles. The Kier molecular flexibility index (Phi) is 7.85. The predicted octanol–water partition coefficient (Wildman–Crippen LogP) is 14.4. The summed E-state index contributed by atoms with van der Waals surface area (Å²) in [4.78, 5) is 2.40. The van der Waals surface area contributed by atoms with E-state index < -0.39 is 0 Å². The number of nitrogens with zero attached hydrogens (tertiary/aromatic N) is 2. The third-order valence-electron chi connectivity index (χ3n) is 10.5. The van der Waals surface area contributed by atoms with Crippen molar-refractivity contribution < 1.29 is 0 Å². The topological polar surface area (TPSA) is 8.17 Å². The Morgan fingerprint density at radius 1 is 0.315 bits per heavy atom. The van der Waals surface area contributed by atoms with Crippen LogP contribution in [0.2, 0.25) is 0 Å². The van der Waals surface area contributed by atoms with Gasteiger partial charge in [-0.1, -0.05) is 158 Å². The van der Waals surface area contributed by atoms with E-state index >= 15 is 0 Å². The van der Waals surface area contributed by atoms with E-state index in [-0.39, 0.29) is 0 Å². The molecule has 0 aliphatic heterocycles. The second kappa shape index (κ2) is 13.4. The minimum absolute atomic E-state index is 1.09. The second-order valence-corrected chi connectivity index (χ2v) is 13.8. The summed E-state index contributed by atoms with van der Waals surface area (Å²) in [5.41, 5.74) is 13.9. The zero-order valence-corrected chi connectivity index (χ0v) is 29.7. The maximum absolute atomic E-state index is 2.43. The molecule has 0 aliphatic rings. The highest BCUT2D eigenvalue weighted by Gasteiger charge is 2.20. The Balaban J connectivity index is 1.22. The summed E-state index contributed by atoms with van der Waals surface area (Å²) in [5.74, 6) is 0. The molecule has 0 amide bonds. The highest BCUT2D eigenvalue weighted by atomic mass is 15.1. The van der Waals surface area contributed by atoms with Crippen molar-refractivity contribution in [3.8, 4) is 39.1 Å². The summed E-state index contributed by atoms with van der Waals surface area (Å²) < 4.78 is 2.43. The van der Waals surface area contributed by atoms with Gasteiger partial charge in [0.15, 0.2) is 0 Å². The molecule has 0 atom stereocenters. The molecule has 10 rings (SSSR count). The van der Waals surface area contributed by atoms with Crippen molar-refractivity contribution in [2.45, 2.75) is 0 Å². The number of para-hydroxylation sites is 1. The summed E-state index contributed by atoms with van der Waals surface area (Å²) >= 11 is 0. The number of hydrogen-bond donors (Lipinski definition) is 0. The van der Waals surface area contributed by atoms with Crippen LogP contribution >= 0.6 is 0 Å². The average molecular weight is 689 g/mol. The van der Waals surface area contributed by atoms with Gasteiger partial charge < -0.3 is 9.47 Å². The summed E-state index contributed by atoms with van der Waals surface area (Å²) in [5, 5.41) is 4.96. The van der Waals surface area contributed by atoms with Crippen LogP contribution in [0.25, 0.3) is 71.6 Å². The van der Waals surface area contributed by atoms with E-state index in [0.29, 0.717) is 0 Å². The average Bonchev–Trinajstić information content (AvgIpc) is 3.59. The van der Waals surface area contributed by atoms with Gasteiger partial charge in [-0.3, -0.25) is 0 Å². The molecule has 0 spiro atoms. The van der Waals surface area contributed by atoms with Crippen LogP contribution in [-0.4, -0.2) is 4.57 Å². The first-order valence-electron chi connectivity index (χ1n) is 18.5. The fourth-order valence-electron chi connectivity index (χ4n) is 8.01. The zero-order chi connectivity index (χ0) is 35.8. The molecule has 254 valence electrons. The van der Waals surface area contributed by atoms with Crippen LogP contribution in [0.5, 0.6) is 0 Å². The lowest BCUT2D eigenvalue weighted by Crippen LogP contribution is -2.10. The Morgan fingerprint density at radius 3 is 1.54 bits per heavy atom. The number of aromatic nitrogens is 1. The van der Waals surface area contributed by atoms with Gasteiger partial charge in [0.25, 0.3) is 0 Å². The SMILES string of the molecule is c1ccc(-c2cccc(N(c3cccc(-c4ccccc4)c3)c3ccc4c5c(-c6ccc7ccccc7c6)cccc5n(-c5ccccc5)c4c3)c2)cc1. The summed E-state index contributed by atoms with van der Waals surface area (Å²) in [7, 11) is 0. The predicted molar refractivity (Wildman–Crippen MR) is 229 cm³/mol. The van der Waals surface area contributed by atoms with Crippen molar-refractivity contribution in [1.82, 2.24) is 4.57 Å². The standard InChI is InChI=1S/C52H36N2/c1-4-15-37(16-5-1)41-21-12-25-45(34-41)53(46-26-13-22-42(35-46)38-17-6-2-7-18-38)47-31-32-49-51(36-47)54(44-23-8-3-9-24-44)50-28-14-27-48(52(49)50)43-30-29-39-19-10-11-20-40(39)33-43/h1-36H. The number of rotatable bonds is 7. The van der Waals surface area contributed by atoms with E-state index in [4.69, 9.17) is 0 Å². The van der Waals surface area contributed by atoms with E-state index in [1.54, 1.807) is 0 Å². The van der Waals surface area contributed by atoms with Crippen LogP contribution in [0.3, 0.4) is 0 Å². The molecule has 0 radical (unpaired) electrons. The molecule has 2 heteroatoms. The quantitative estimate of drug-likeness (QED) is 0.162. The second-order valence-electron chi connectivity index (χ2n) is 13.8. The highest BCUT2D eigenvalue weighted by Crippen LogP contribution is 2.44. The van der Waals surface area contributed by atoms with Crippen LogP contribution in [-0.2, 0) is 0 Å². The van der Waals surface area contributed by atoms with Gasteiger partial charge in [-0.15, -0.1) is 0 Å². The van der Waals surface area contributed by atoms with Gasteiger partial charge in [-0.05, 0) is 105 Å². The fourth-order valence-corrected chi connectivity index (χ4v) is 8.01. The van der Waals surface area contributed by atoms with E-state index in [2.05, 4.69) is 228 Å². The number of anilines is 3. The molecule has 0 saturated carbocycles. The molecule has 0 aliphatic carbocycles. The highest BCUT2D eigenvalue weighted by molar-refractivity contribution is 6.17. The molecule has 0 bridgehead atoms. The van der Waals surface area contributed by atoms with Crippen LogP contribution in [0.15, 0.2) is 218 Å². The van der Waals surface area contributed by atoms with Crippen LogP contribution in [0, 0.1) is 0 Å². The van der Waals surface area contributed by atoms with Crippen molar-refractivity contribution in [2.75, 3.05) is 4.90 Å². The van der Waals surface area contributed by atoms with Crippen LogP contribution < -0.4 is 4.90 Å². The third kappa shape index (κ3) is 5.62. The van der Waals surface area contributed by atoms with Crippen LogP contribution in [0.1, 0.15) is 0 Å². The Labute approximate surface area is 315 Å². The first-order chi connectivity index (χ1) is 26.8. The van der Waals surface area contributed by atoms with Crippen molar-refractivity contribution in [3.05, 3.63) is 218 Å². The summed E-state index contributed by atoms with van der Waals surface area (Å²) in [6.45, 7) is 0. The molecule has 1 aromatic heterocycles. The smallest absolute Gasteiger partial charge is 0.0562 e. The third-order valence-corrected chi connectivity index (χ3v) is 10.5. The molecule has 2 nitrogen and oxygen atoms in total. The molecule has 0 fully saturated rings. The minimum atomic E-state index is 1.09. The summed E-state index contributed by atoms with van der Waals surface area (Å²) in [6, 6.07) is 78.9. The number of fused-ring (bicyclic) bond motifs is 4. The van der Waals surface area contributed by atoms with Gasteiger partial charge in [0.05, 0.1) is 11.0 Å². The zero-order valence-electron chi connectivity index (χ0n) is 29.7. The lowest BCUT2D eigenvalue weighted by Gasteiger charge is -2.27. The maximum atomic E-state index is 2.43. The van der Waals surface area contributed by atoms with Gasteiger partial charge in [0.2, 0.25) is 0 Å². The van der Waals surface area contributed by atoms with E-state index in [9.17, 15) is 0 Å². The van der Waals surface area contributed by atoms with Gasteiger partial charge in [0, 0.05) is 33.5 Å². The monoisotopic (exact) mass is 688 g/mol. The lowest BCUT2D eigenvalue weighted by atomic mass is 9.97. The van der Waals surface area contributed by atoms with E-state index in [1.165, 1.54) is 60.4 Å². The molecular weight excluding hydrogens is 653 g/mol. The van der Waals surface area contributed by atoms with Crippen molar-refractivity contribution in [2.24, 2.45) is 0 Å². The first kappa shape index (κ1) is 31.6. The number of hydrogen-bond acceptors (Lipinski definition) is 1. The molecule has 0 unspecified atom stereocenters. The lowest BCUT2D eigenvalue weighted by molar-refractivity contribution is 1.18. The van der Waals surface area contributed by atoms with Gasteiger partial charge in [-0.25, -0.2) is 0 Å². The van der Waals surface area contributed by atoms with Gasteiger partial charge in [-0.2, -0.15) is 0 Å².